The Morgan fingerprint density at radius 1 is 1.27 bits per heavy atom. The lowest BCUT2D eigenvalue weighted by Gasteiger charge is -2.05. The monoisotopic (exact) mass is 209 g/mol. The maximum absolute atomic E-state index is 11.3. The predicted octanol–water partition coefficient (Wildman–Crippen LogP) is -0.507. The summed E-state index contributed by atoms with van der Waals surface area (Å²) in [4.78, 5) is 21.7. The smallest absolute Gasteiger partial charge is 0.340 e. The summed E-state index contributed by atoms with van der Waals surface area (Å²) in [5.41, 5.74) is 16.6. The lowest BCUT2D eigenvalue weighted by molar-refractivity contribution is -0.121. The second kappa shape index (κ2) is 4.32. The highest BCUT2D eigenvalue weighted by molar-refractivity contribution is 5.96. The molecule has 1 aromatic rings. The molecule has 80 valence electrons. The van der Waals surface area contributed by atoms with E-state index in [2.05, 4.69) is 4.74 Å². The first-order valence-electron chi connectivity index (χ1n) is 4.11. The van der Waals surface area contributed by atoms with Gasteiger partial charge in [0, 0.05) is 11.4 Å². The molecule has 1 amide bonds. The molecule has 0 unspecified atom stereocenters. The van der Waals surface area contributed by atoms with Crippen LogP contribution in [0.15, 0.2) is 18.2 Å². The van der Waals surface area contributed by atoms with Crippen molar-refractivity contribution in [3.05, 3.63) is 23.8 Å². The minimum atomic E-state index is -0.725. The number of anilines is 2. The van der Waals surface area contributed by atoms with Crippen molar-refractivity contribution >= 4 is 23.3 Å². The molecule has 0 radical (unpaired) electrons. The van der Waals surface area contributed by atoms with Crippen molar-refractivity contribution in [2.45, 2.75) is 0 Å². The number of rotatable bonds is 3. The summed E-state index contributed by atoms with van der Waals surface area (Å²) in [7, 11) is 0. The van der Waals surface area contributed by atoms with Crippen LogP contribution in [0.2, 0.25) is 0 Å². The lowest BCUT2D eigenvalue weighted by Crippen LogP contribution is -2.21. The molecule has 0 aliphatic carbocycles. The number of benzene rings is 1. The molecule has 0 aliphatic rings. The molecule has 0 spiro atoms. The van der Waals surface area contributed by atoms with E-state index in [4.69, 9.17) is 17.2 Å². The van der Waals surface area contributed by atoms with Gasteiger partial charge in [-0.2, -0.15) is 0 Å². The van der Waals surface area contributed by atoms with E-state index in [0.717, 1.165) is 0 Å². The standard InChI is InChI=1S/C9H11N3O3/c10-5-1-2-6(7(11)3-5)9(14)15-4-8(12)13/h1-3H,4,10-11H2,(H2,12,13). The zero-order valence-corrected chi connectivity index (χ0v) is 7.90. The fraction of sp³-hybridized carbons (Fsp3) is 0.111. The molecule has 0 saturated heterocycles. The van der Waals surface area contributed by atoms with E-state index in [0.29, 0.717) is 5.69 Å². The fourth-order valence-electron chi connectivity index (χ4n) is 0.982. The van der Waals surface area contributed by atoms with Crippen LogP contribution in [0.3, 0.4) is 0 Å². The Hall–Kier alpha value is -2.24. The van der Waals surface area contributed by atoms with Crippen LogP contribution < -0.4 is 17.2 Å². The van der Waals surface area contributed by atoms with Crippen molar-refractivity contribution in [1.82, 2.24) is 0 Å². The minimum absolute atomic E-state index is 0.158. The van der Waals surface area contributed by atoms with Crippen LogP contribution in [0.5, 0.6) is 0 Å². The number of nitrogen functional groups attached to an aromatic ring is 2. The predicted molar refractivity (Wildman–Crippen MR) is 54.7 cm³/mol. The molecule has 1 aromatic carbocycles. The quantitative estimate of drug-likeness (QED) is 0.457. The highest BCUT2D eigenvalue weighted by Crippen LogP contribution is 2.16. The van der Waals surface area contributed by atoms with Gasteiger partial charge in [-0.3, -0.25) is 4.79 Å². The summed E-state index contributed by atoms with van der Waals surface area (Å²) in [6.07, 6.45) is 0. The zero-order valence-electron chi connectivity index (χ0n) is 7.90. The number of amides is 1. The highest BCUT2D eigenvalue weighted by atomic mass is 16.5. The van der Waals surface area contributed by atoms with Crippen LogP contribution >= 0.6 is 0 Å². The molecule has 0 aliphatic heterocycles. The zero-order chi connectivity index (χ0) is 11.4. The van der Waals surface area contributed by atoms with Gasteiger partial charge < -0.3 is 21.9 Å². The number of nitrogens with two attached hydrogens (primary N) is 3. The first kappa shape index (κ1) is 10.8. The summed E-state index contributed by atoms with van der Waals surface area (Å²) >= 11 is 0. The lowest BCUT2D eigenvalue weighted by atomic mass is 10.1. The molecule has 0 aromatic heterocycles. The summed E-state index contributed by atoms with van der Waals surface area (Å²) < 4.78 is 4.58. The van der Waals surface area contributed by atoms with Gasteiger partial charge in [0.2, 0.25) is 0 Å². The van der Waals surface area contributed by atoms with E-state index in [1.807, 2.05) is 0 Å². The van der Waals surface area contributed by atoms with E-state index in [9.17, 15) is 9.59 Å². The van der Waals surface area contributed by atoms with Crippen LogP contribution in [0, 0.1) is 0 Å². The Kier molecular flexibility index (Phi) is 3.12. The van der Waals surface area contributed by atoms with Crippen LogP contribution in [-0.2, 0) is 9.53 Å². The summed E-state index contributed by atoms with van der Waals surface area (Å²) in [6, 6.07) is 4.37. The number of carbonyl (C=O) groups excluding carboxylic acids is 2. The normalized spacial score (nSPS) is 9.60. The van der Waals surface area contributed by atoms with E-state index in [1.54, 1.807) is 0 Å². The van der Waals surface area contributed by atoms with Gasteiger partial charge in [-0.25, -0.2) is 4.79 Å². The minimum Gasteiger partial charge on any atom is -0.452 e. The molecule has 0 fully saturated rings. The van der Waals surface area contributed by atoms with Crippen molar-refractivity contribution in [3.63, 3.8) is 0 Å². The molecule has 0 heterocycles. The number of primary amides is 1. The molecule has 0 saturated carbocycles. The molecule has 6 N–H and O–H groups in total. The number of carbonyl (C=O) groups is 2. The van der Waals surface area contributed by atoms with Gasteiger partial charge in [0.15, 0.2) is 6.61 Å². The molecule has 15 heavy (non-hydrogen) atoms. The fourth-order valence-corrected chi connectivity index (χ4v) is 0.982. The van der Waals surface area contributed by atoms with Gasteiger partial charge >= 0.3 is 5.97 Å². The van der Waals surface area contributed by atoms with E-state index >= 15 is 0 Å². The third kappa shape index (κ3) is 2.87. The van der Waals surface area contributed by atoms with Gasteiger partial charge in [0.25, 0.3) is 5.91 Å². The molecule has 0 atom stereocenters. The maximum atomic E-state index is 11.3. The van der Waals surface area contributed by atoms with Gasteiger partial charge in [0.1, 0.15) is 0 Å². The largest absolute Gasteiger partial charge is 0.452 e. The van der Waals surface area contributed by atoms with Crippen LogP contribution in [0.25, 0.3) is 0 Å². The average molecular weight is 209 g/mol. The maximum Gasteiger partial charge on any atom is 0.340 e. The first-order chi connectivity index (χ1) is 7.00. The van der Waals surface area contributed by atoms with Gasteiger partial charge in [-0.05, 0) is 18.2 Å². The Balaban J connectivity index is 2.78. The number of ether oxygens (including phenoxy) is 1. The molecular formula is C9H11N3O3. The van der Waals surface area contributed by atoms with Crippen molar-refractivity contribution in [1.29, 1.82) is 0 Å². The van der Waals surface area contributed by atoms with Crippen LogP contribution in [-0.4, -0.2) is 18.5 Å². The van der Waals surface area contributed by atoms with Crippen molar-refractivity contribution < 1.29 is 14.3 Å². The molecule has 1 rings (SSSR count). The second-order valence-electron chi connectivity index (χ2n) is 2.89. The molecule has 6 nitrogen and oxygen atoms in total. The summed E-state index contributed by atoms with van der Waals surface area (Å²) in [5.74, 6) is -1.43. The van der Waals surface area contributed by atoms with E-state index in [1.165, 1.54) is 18.2 Å². The Labute approximate surface area is 86.0 Å². The van der Waals surface area contributed by atoms with Crippen LogP contribution in [0.4, 0.5) is 11.4 Å². The van der Waals surface area contributed by atoms with E-state index < -0.39 is 18.5 Å². The number of hydrogen-bond acceptors (Lipinski definition) is 5. The highest BCUT2D eigenvalue weighted by Gasteiger charge is 2.11. The topological polar surface area (TPSA) is 121 Å². The molecule has 0 bridgehead atoms. The Bertz CT molecular complexity index is 404. The molecule has 6 heteroatoms. The van der Waals surface area contributed by atoms with Gasteiger partial charge in [-0.15, -0.1) is 0 Å². The summed E-state index contributed by atoms with van der Waals surface area (Å²) in [5, 5.41) is 0. The average Bonchev–Trinajstić information content (AvgIpc) is 2.14. The summed E-state index contributed by atoms with van der Waals surface area (Å²) in [6.45, 7) is -0.470. The van der Waals surface area contributed by atoms with Gasteiger partial charge in [0.05, 0.1) is 5.56 Å². The SMILES string of the molecule is NC(=O)COC(=O)c1ccc(N)cc1N. The number of esters is 1. The number of hydrogen-bond donors (Lipinski definition) is 3. The Morgan fingerprint density at radius 2 is 1.93 bits per heavy atom. The van der Waals surface area contributed by atoms with Crippen molar-refractivity contribution in [3.8, 4) is 0 Å². The third-order valence-electron chi connectivity index (χ3n) is 1.64. The van der Waals surface area contributed by atoms with Crippen molar-refractivity contribution in [2.24, 2.45) is 5.73 Å². The van der Waals surface area contributed by atoms with Crippen LogP contribution in [0.1, 0.15) is 10.4 Å². The Morgan fingerprint density at radius 3 is 2.47 bits per heavy atom. The third-order valence-corrected chi connectivity index (χ3v) is 1.64. The van der Waals surface area contributed by atoms with E-state index in [-0.39, 0.29) is 11.3 Å². The van der Waals surface area contributed by atoms with Gasteiger partial charge in [-0.1, -0.05) is 0 Å². The second-order valence-corrected chi connectivity index (χ2v) is 2.89. The van der Waals surface area contributed by atoms with Crippen molar-refractivity contribution in [2.75, 3.05) is 18.1 Å². The molecular weight excluding hydrogens is 198 g/mol. The first-order valence-corrected chi connectivity index (χ1v) is 4.11.